The molecule has 0 aromatic carbocycles. The second-order valence-electron chi connectivity index (χ2n) is 0.686. The smallest absolute Gasteiger partial charge is 0.169 e. The summed E-state index contributed by atoms with van der Waals surface area (Å²) in [6.07, 6.45) is 1.19. The fourth-order valence-corrected chi connectivity index (χ4v) is 0. The largest absolute Gasteiger partial charge is 0.310 e. The summed E-state index contributed by atoms with van der Waals surface area (Å²) >= 11 is 9.20. The normalized spacial score (nSPS) is 11.2. The Balaban J connectivity index is 3.45. The van der Waals surface area contributed by atoms with Crippen molar-refractivity contribution in [2.45, 2.75) is 2.14 Å². The maximum atomic E-state index is 6.59. The van der Waals surface area contributed by atoms with Gasteiger partial charge in [-0.15, -0.1) is 0 Å². The first-order valence-corrected chi connectivity index (χ1v) is 3.52. The van der Waals surface area contributed by atoms with E-state index in [9.17, 15) is 0 Å². The van der Waals surface area contributed by atoms with Crippen molar-refractivity contribution in [2.75, 3.05) is 0 Å². The van der Waals surface area contributed by atoms with Gasteiger partial charge in [-0.1, -0.05) is 47.8 Å². The Labute approximate surface area is 61.4 Å². The van der Waals surface area contributed by atoms with Crippen molar-refractivity contribution in [3.05, 3.63) is 0 Å². The van der Waals surface area contributed by atoms with Crippen molar-refractivity contribution < 1.29 is 0 Å². The molecule has 0 atom stereocenters. The Morgan fingerprint density at radius 2 is 1.50 bits per heavy atom. The van der Waals surface area contributed by atoms with Crippen LogP contribution < -0.4 is 0 Å². The van der Waals surface area contributed by atoms with Gasteiger partial charge in [0, 0.05) is 6.21 Å². The molecule has 0 aliphatic heterocycles. The van der Waals surface area contributed by atoms with E-state index in [1.807, 2.05) is 0 Å². The van der Waals surface area contributed by atoms with E-state index in [4.69, 9.17) is 5.41 Å². The molecule has 36 valence electrons. The van der Waals surface area contributed by atoms with Gasteiger partial charge in [0.2, 0.25) is 0 Å². The molecule has 0 radical (unpaired) electrons. The summed E-state index contributed by atoms with van der Waals surface area (Å²) in [5.74, 6) is 0. The molecule has 0 amide bonds. The molecular formula is C2H2Br3N. The first-order chi connectivity index (χ1) is 2.56. The van der Waals surface area contributed by atoms with E-state index in [1.54, 1.807) is 0 Å². The van der Waals surface area contributed by atoms with Crippen LogP contribution in [-0.2, 0) is 0 Å². The van der Waals surface area contributed by atoms with E-state index in [0.29, 0.717) is 0 Å². The van der Waals surface area contributed by atoms with Crippen LogP contribution >= 0.6 is 47.8 Å². The highest BCUT2D eigenvalue weighted by Gasteiger charge is 2.10. The third kappa shape index (κ3) is 5.11. The quantitative estimate of drug-likeness (QED) is 0.520. The first kappa shape index (κ1) is 7.11. The maximum Gasteiger partial charge on any atom is 0.169 e. The average Bonchev–Trinajstić information content (AvgIpc) is 1.35. The van der Waals surface area contributed by atoms with Gasteiger partial charge < -0.3 is 5.41 Å². The van der Waals surface area contributed by atoms with Crippen LogP contribution in [0.1, 0.15) is 0 Å². The minimum absolute atomic E-state index is 0.479. The topological polar surface area (TPSA) is 23.9 Å². The Morgan fingerprint density at radius 3 is 1.50 bits per heavy atom. The van der Waals surface area contributed by atoms with Crippen molar-refractivity contribution in [2.24, 2.45) is 0 Å². The summed E-state index contributed by atoms with van der Waals surface area (Å²) < 4.78 is -0.479. The van der Waals surface area contributed by atoms with Gasteiger partial charge in [0.25, 0.3) is 0 Å². The van der Waals surface area contributed by atoms with Crippen LogP contribution in [0.3, 0.4) is 0 Å². The third-order valence-electron chi connectivity index (χ3n) is 0.164. The minimum atomic E-state index is -0.479. The summed E-state index contributed by atoms with van der Waals surface area (Å²) in [6, 6.07) is 0. The van der Waals surface area contributed by atoms with E-state index < -0.39 is 2.14 Å². The van der Waals surface area contributed by atoms with Crippen LogP contribution in [0.5, 0.6) is 0 Å². The van der Waals surface area contributed by atoms with Gasteiger partial charge in [0.15, 0.2) is 2.14 Å². The van der Waals surface area contributed by atoms with Gasteiger partial charge in [0.1, 0.15) is 0 Å². The zero-order chi connectivity index (χ0) is 5.21. The highest BCUT2D eigenvalue weighted by molar-refractivity contribution is 9.40. The molecule has 0 saturated carbocycles. The van der Waals surface area contributed by atoms with Gasteiger partial charge in [-0.25, -0.2) is 0 Å². The molecule has 4 heteroatoms. The zero-order valence-corrected chi connectivity index (χ0v) is 7.47. The standard InChI is InChI=1S/C2H2Br3N/c3-2(4,5)1-6/h1,6H. The van der Waals surface area contributed by atoms with E-state index in [2.05, 4.69) is 47.8 Å². The van der Waals surface area contributed by atoms with Gasteiger partial charge in [-0.2, -0.15) is 0 Å². The first-order valence-electron chi connectivity index (χ1n) is 1.14. The fraction of sp³-hybridized carbons (Fsp3) is 0.500. The highest BCUT2D eigenvalue weighted by Crippen LogP contribution is 2.30. The number of alkyl halides is 3. The van der Waals surface area contributed by atoms with E-state index >= 15 is 0 Å². The molecule has 1 N–H and O–H groups in total. The molecule has 1 nitrogen and oxygen atoms in total. The molecule has 0 aliphatic rings. The lowest BCUT2D eigenvalue weighted by Crippen LogP contribution is -1.96. The van der Waals surface area contributed by atoms with Gasteiger partial charge in [0.05, 0.1) is 0 Å². The molecule has 0 aromatic rings. The predicted molar refractivity (Wildman–Crippen MR) is 38.3 cm³/mol. The summed E-state index contributed by atoms with van der Waals surface area (Å²) in [5, 5.41) is 6.59. The average molecular weight is 280 g/mol. The van der Waals surface area contributed by atoms with Gasteiger partial charge >= 0.3 is 0 Å². The highest BCUT2D eigenvalue weighted by atomic mass is 80.0. The van der Waals surface area contributed by atoms with Crippen molar-refractivity contribution in [3.8, 4) is 0 Å². The fourth-order valence-electron chi connectivity index (χ4n) is 0. The van der Waals surface area contributed by atoms with E-state index in [0.717, 1.165) is 0 Å². The Hall–Kier alpha value is 1.11. The predicted octanol–water partition coefficient (Wildman–Crippen LogP) is 2.47. The van der Waals surface area contributed by atoms with Crippen LogP contribution in [0, 0.1) is 5.41 Å². The molecule has 0 aromatic heterocycles. The summed E-state index contributed by atoms with van der Waals surface area (Å²) in [6.45, 7) is 0. The van der Waals surface area contributed by atoms with Crippen LogP contribution in [-0.4, -0.2) is 8.36 Å². The Kier molecular flexibility index (Phi) is 2.87. The van der Waals surface area contributed by atoms with Crippen LogP contribution in [0.25, 0.3) is 0 Å². The van der Waals surface area contributed by atoms with Gasteiger partial charge in [-0.05, 0) is 0 Å². The third-order valence-corrected chi connectivity index (χ3v) is 0.850. The number of rotatable bonds is 0. The number of hydrogen-bond donors (Lipinski definition) is 1. The molecule has 0 heterocycles. The van der Waals surface area contributed by atoms with Crippen LogP contribution in [0.15, 0.2) is 0 Å². The molecular weight excluding hydrogens is 278 g/mol. The SMILES string of the molecule is N=CC(Br)(Br)Br. The Bertz CT molecular complexity index is 54.3. The van der Waals surface area contributed by atoms with E-state index in [-0.39, 0.29) is 0 Å². The molecule has 6 heavy (non-hydrogen) atoms. The molecule has 0 saturated heterocycles. The molecule has 0 rings (SSSR count). The van der Waals surface area contributed by atoms with Crippen LogP contribution in [0.2, 0.25) is 0 Å². The van der Waals surface area contributed by atoms with Crippen molar-refractivity contribution >= 4 is 54.0 Å². The lowest BCUT2D eigenvalue weighted by molar-refractivity contribution is 1.53. The van der Waals surface area contributed by atoms with Crippen molar-refractivity contribution in [1.82, 2.24) is 0 Å². The molecule has 0 fully saturated rings. The van der Waals surface area contributed by atoms with Crippen molar-refractivity contribution in [3.63, 3.8) is 0 Å². The monoisotopic (exact) mass is 277 g/mol. The minimum Gasteiger partial charge on any atom is -0.310 e. The second kappa shape index (κ2) is 2.43. The van der Waals surface area contributed by atoms with E-state index in [1.165, 1.54) is 6.21 Å². The molecule has 0 aliphatic carbocycles. The summed E-state index contributed by atoms with van der Waals surface area (Å²) in [5.41, 5.74) is 0. The number of hydrogen-bond acceptors (Lipinski definition) is 1. The zero-order valence-electron chi connectivity index (χ0n) is 2.71. The molecule has 0 bridgehead atoms. The van der Waals surface area contributed by atoms with Gasteiger partial charge in [-0.3, -0.25) is 0 Å². The van der Waals surface area contributed by atoms with Crippen molar-refractivity contribution in [1.29, 1.82) is 5.41 Å². The lowest BCUT2D eigenvalue weighted by Gasteiger charge is -1.97. The summed E-state index contributed by atoms with van der Waals surface area (Å²) in [7, 11) is 0. The number of halogens is 3. The molecule has 0 spiro atoms. The lowest BCUT2D eigenvalue weighted by atomic mass is 10.9. The Morgan fingerprint density at radius 1 is 1.33 bits per heavy atom. The number of nitrogens with one attached hydrogen (secondary N) is 1. The van der Waals surface area contributed by atoms with Crippen LogP contribution in [0.4, 0.5) is 0 Å². The maximum absolute atomic E-state index is 6.59. The second-order valence-corrected chi connectivity index (χ2v) is 7.63. The summed E-state index contributed by atoms with van der Waals surface area (Å²) in [4.78, 5) is 0. The molecule has 0 unspecified atom stereocenters.